The quantitative estimate of drug-likeness (QED) is 0.855. The van der Waals surface area contributed by atoms with Crippen molar-refractivity contribution in [1.29, 1.82) is 0 Å². The van der Waals surface area contributed by atoms with Gasteiger partial charge in [-0.2, -0.15) is 0 Å². The molecule has 2 rings (SSSR count). The predicted molar refractivity (Wildman–Crippen MR) is 77.9 cm³/mol. The van der Waals surface area contributed by atoms with Crippen LogP contribution in [0.5, 0.6) is 0 Å². The van der Waals surface area contributed by atoms with Gasteiger partial charge in [-0.05, 0) is 42.3 Å². The molecule has 0 saturated heterocycles. The summed E-state index contributed by atoms with van der Waals surface area (Å²) in [5.74, 6) is -0.703. The summed E-state index contributed by atoms with van der Waals surface area (Å²) in [6, 6.07) is 11.1. The Morgan fingerprint density at radius 1 is 1.15 bits per heavy atom. The third-order valence-electron chi connectivity index (χ3n) is 3.16. The van der Waals surface area contributed by atoms with Gasteiger partial charge in [-0.3, -0.25) is 0 Å². The Morgan fingerprint density at radius 3 is 2.60 bits per heavy atom. The van der Waals surface area contributed by atoms with E-state index < -0.39 is 5.82 Å². The number of halogens is 3. The van der Waals surface area contributed by atoms with Crippen molar-refractivity contribution in [1.82, 2.24) is 5.32 Å². The largest absolute Gasteiger partial charge is 0.310 e. The monoisotopic (exact) mass is 295 g/mol. The highest BCUT2D eigenvalue weighted by Crippen LogP contribution is 2.24. The summed E-state index contributed by atoms with van der Waals surface area (Å²) in [6.07, 6.45) is 0.420. The summed E-state index contributed by atoms with van der Waals surface area (Å²) < 4.78 is 27.3. The Kier molecular flexibility index (Phi) is 5.10. The summed E-state index contributed by atoms with van der Waals surface area (Å²) >= 11 is 5.79. The predicted octanol–water partition coefficient (Wildman–Crippen LogP) is 4.51. The summed E-state index contributed by atoms with van der Waals surface area (Å²) in [5, 5.41) is 3.35. The van der Waals surface area contributed by atoms with Gasteiger partial charge < -0.3 is 5.32 Å². The molecule has 1 atom stereocenters. The van der Waals surface area contributed by atoms with Crippen LogP contribution < -0.4 is 5.32 Å². The fourth-order valence-corrected chi connectivity index (χ4v) is 2.40. The Labute approximate surface area is 122 Å². The maximum atomic E-state index is 14.0. The smallest absolute Gasteiger partial charge is 0.145 e. The molecule has 0 aliphatic rings. The van der Waals surface area contributed by atoms with E-state index in [-0.39, 0.29) is 16.9 Å². The molecule has 0 heterocycles. The van der Waals surface area contributed by atoms with Crippen LogP contribution in [0.1, 0.15) is 24.1 Å². The van der Waals surface area contributed by atoms with E-state index in [1.165, 1.54) is 18.2 Å². The van der Waals surface area contributed by atoms with Crippen molar-refractivity contribution in [2.75, 3.05) is 6.54 Å². The van der Waals surface area contributed by atoms with E-state index in [9.17, 15) is 8.78 Å². The second kappa shape index (κ2) is 6.82. The highest BCUT2D eigenvalue weighted by atomic mass is 35.5. The van der Waals surface area contributed by atoms with Gasteiger partial charge in [-0.1, -0.05) is 42.8 Å². The van der Waals surface area contributed by atoms with Crippen molar-refractivity contribution < 1.29 is 8.78 Å². The van der Waals surface area contributed by atoms with Gasteiger partial charge in [-0.15, -0.1) is 0 Å². The molecule has 2 aromatic rings. The number of rotatable bonds is 5. The number of benzene rings is 2. The minimum atomic E-state index is -0.409. The Hall–Kier alpha value is -1.45. The topological polar surface area (TPSA) is 12.0 Å². The van der Waals surface area contributed by atoms with Gasteiger partial charge in [-0.25, -0.2) is 8.78 Å². The van der Waals surface area contributed by atoms with E-state index >= 15 is 0 Å². The van der Waals surface area contributed by atoms with Gasteiger partial charge in [0.1, 0.15) is 11.6 Å². The van der Waals surface area contributed by atoms with Crippen LogP contribution in [0.25, 0.3) is 0 Å². The van der Waals surface area contributed by atoms with Crippen LogP contribution in [0.15, 0.2) is 42.5 Å². The first-order valence-electron chi connectivity index (χ1n) is 6.53. The molecule has 1 unspecified atom stereocenters. The zero-order valence-corrected chi connectivity index (χ0v) is 11.9. The molecular formula is C16H16ClF2N. The number of hydrogen-bond acceptors (Lipinski definition) is 1. The van der Waals surface area contributed by atoms with Crippen LogP contribution in [0.3, 0.4) is 0 Å². The van der Waals surface area contributed by atoms with E-state index in [1.54, 1.807) is 18.2 Å². The first kappa shape index (κ1) is 14.9. The highest BCUT2D eigenvalue weighted by Gasteiger charge is 2.15. The maximum Gasteiger partial charge on any atom is 0.145 e. The average Bonchev–Trinajstić information content (AvgIpc) is 2.43. The van der Waals surface area contributed by atoms with Gasteiger partial charge in [0.2, 0.25) is 0 Å². The summed E-state index contributed by atoms with van der Waals surface area (Å²) in [4.78, 5) is 0. The van der Waals surface area contributed by atoms with E-state index in [0.29, 0.717) is 18.5 Å². The van der Waals surface area contributed by atoms with E-state index in [0.717, 1.165) is 5.56 Å². The molecule has 0 radical (unpaired) electrons. The van der Waals surface area contributed by atoms with E-state index in [2.05, 4.69) is 5.32 Å². The highest BCUT2D eigenvalue weighted by molar-refractivity contribution is 6.30. The lowest BCUT2D eigenvalue weighted by Crippen LogP contribution is -2.23. The molecule has 1 N–H and O–H groups in total. The zero-order chi connectivity index (χ0) is 14.5. The van der Waals surface area contributed by atoms with Crippen molar-refractivity contribution in [2.45, 2.75) is 19.4 Å². The fourth-order valence-electron chi connectivity index (χ4n) is 2.20. The molecule has 1 nitrogen and oxygen atoms in total. The van der Waals surface area contributed by atoms with Gasteiger partial charge in [0.25, 0.3) is 0 Å². The Bertz CT molecular complexity index is 586. The van der Waals surface area contributed by atoms with Crippen molar-refractivity contribution in [3.05, 3.63) is 70.2 Å². The molecule has 0 aliphatic heterocycles. The van der Waals surface area contributed by atoms with Crippen molar-refractivity contribution >= 4 is 11.6 Å². The molecule has 106 valence electrons. The van der Waals surface area contributed by atoms with Gasteiger partial charge in [0.15, 0.2) is 0 Å². The van der Waals surface area contributed by atoms with Crippen molar-refractivity contribution in [2.24, 2.45) is 0 Å². The van der Waals surface area contributed by atoms with Crippen LogP contribution in [0.2, 0.25) is 5.02 Å². The van der Waals surface area contributed by atoms with Crippen molar-refractivity contribution in [3.8, 4) is 0 Å². The lowest BCUT2D eigenvalue weighted by molar-refractivity contribution is 0.524. The van der Waals surface area contributed by atoms with Gasteiger partial charge >= 0.3 is 0 Å². The zero-order valence-electron chi connectivity index (χ0n) is 11.2. The van der Waals surface area contributed by atoms with Crippen molar-refractivity contribution in [3.63, 3.8) is 0 Å². The standard InChI is InChI=1S/C16H16ClF2N/c1-2-20-15(11-5-3-7-13(18)9-11)10-12-6-4-8-14(17)16(12)19/h3-9,15,20H,2,10H2,1H3. The molecule has 20 heavy (non-hydrogen) atoms. The third kappa shape index (κ3) is 3.56. The van der Waals surface area contributed by atoms with Crippen LogP contribution in [0.4, 0.5) is 8.78 Å². The minimum absolute atomic E-state index is 0.108. The SMILES string of the molecule is CCNC(Cc1cccc(Cl)c1F)c1cccc(F)c1. The minimum Gasteiger partial charge on any atom is -0.310 e. The number of likely N-dealkylation sites (N-methyl/N-ethyl adjacent to an activating group) is 1. The molecule has 2 aromatic carbocycles. The fraction of sp³-hybridized carbons (Fsp3) is 0.250. The normalized spacial score (nSPS) is 12.4. The average molecular weight is 296 g/mol. The first-order chi connectivity index (χ1) is 9.61. The van der Waals surface area contributed by atoms with Crippen LogP contribution in [-0.4, -0.2) is 6.54 Å². The van der Waals surface area contributed by atoms with Crippen LogP contribution in [-0.2, 0) is 6.42 Å². The second-order valence-electron chi connectivity index (χ2n) is 4.58. The lowest BCUT2D eigenvalue weighted by atomic mass is 9.98. The molecule has 0 amide bonds. The number of nitrogens with one attached hydrogen (secondary N) is 1. The van der Waals surface area contributed by atoms with Gasteiger partial charge in [0, 0.05) is 6.04 Å². The summed E-state index contributed by atoms with van der Waals surface area (Å²) in [5.41, 5.74) is 1.32. The van der Waals surface area contributed by atoms with Crippen LogP contribution in [0, 0.1) is 11.6 Å². The molecule has 0 spiro atoms. The maximum absolute atomic E-state index is 14.0. The number of hydrogen-bond donors (Lipinski definition) is 1. The second-order valence-corrected chi connectivity index (χ2v) is 4.99. The molecule has 4 heteroatoms. The summed E-state index contributed by atoms with van der Waals surface area (Å²) in [7, 11) is 0. The Morgan fingerprint density at radius 2 is 1.90 bits per heavy atom. The van der Waals surface area contributed by atoms with E-state index in [4.69, 9.17) is 11.6 Å². The third-order valence-corrected chi connectivity index (χ3v) is 3.45. The molecule has 0 fully saturated rings. The molecule has 0 aliphatic carbocycles. The van der Waals surface area contributed by atoms with E-state index in [1.807, 2.05) is 13.0 Å². The Balaban J connectivity index is 2.28. The van der Waals surface area contributed by atoms with Crippen LogP contribution >= 0.6 is 11.6 Å². The molecule has 0 saturated carbocycles. The summed E-state index contributed by atoms with van der Waals surface area (Å²) in [6.45, 7) is 2.67. The molecule has 0 bridgehead atoms. The first-order valence-corrected chi connectivity index (χ1v) is 6.91. The molecular weight excluding hydrogens is 280 g/mol. The van der Waals surface area contributed by atoms with Gasteiger partial charge in [0.05, 0.1) is 5.02 Å². The lowest BCUT2D eigenvalue weighted by Gasteiger charge is -2.19. The molecule has 0 aromatic heterocycles.